The van der Waals surface area contributed by atoms with Crippen molar-refractivity contribution in [3.63, 3.8) is 0 Å². The normalized spacial score (nSPS) is 11.8. The zero-order valence-electron chi connectivity index (χ0n) is 9.62. The topological polar surface area (TPSA) is 68.2 Å². The van der Waals surface area contributed by atoms with Gasteiger partial charge in [-0.1, -0.05) is 0 Å². The molecule has 15 heavy (non-hydrogen) atoms. The number of nitrogens with two attached hydrogens (primary N) is 1. The Morgan fingerprint density at radius 1 is 1.60 bits per heavy atom. The number of aromatic nitrogens is 2. The second kappa shape index (κ2) is 5.38. The molecule has 0 amide bonds. The molecular weight excluding hydrogens is 190 g/mol. The first-order valence-electron chi connectivity index (χ1n) is 5.10. The van der Waals surface area contributed by atoms with E-state index in [9.17, 15) is 0 Å². The van der Waals surface area contributed by atoms with Crippen molar-refractivity contribution in [3.8, 4) is 0 Å². The monoisotopic (exact) mass is 209 g/mol. The Hall–Kier alpha value is -1.52. The van der Waals surface area contributed by atoms with Crippen molar-refractivity contribution in [3.05, 3.63) is 17.5 Å². The molecule has 5 nitrogen and oxygen atoms in total. The molecule has 3 N–H and O–H groups in total. The van der Waals surface area contributed by atoms with Crippen LogP contribution in [-0.4, -0.2) is 29.3 Å². The molecular formula is C10H19N5. The molecule has 0 aliphatic carbocycles. The van der Waals surface area contributed by atoms with E-state index in [4.69, 9.17) is 5.73 Å². The van der Waals surface area contributed by atoms with Crippen molar-refractivity contribution in [2.24, 2.45) is 10.7 Å². The smallest absolute Gasteiger partial charge is 0.188 e. The number of rotatable bonds is 4. The van der Waals surface area contributed by atoms with Gasteiger partial charge in [0.25, 0.3) is 0 Å². The highest BCUT2D eigenvalue weighted by Crippen LogP contribution is 2.01. The van der Waals surface area contributed by atoms with E-state index in [1.165, 1.54) is 5.69 Å². The number of guanidine groups is 1. The Labute approximate surface area is 90.4 Å². The number of hydrogen-bond acceptors (Lipinski definition) is 2. The van der Waals surface area contributed by atoms with Crippen molar-refractivity contribution in [2.45, 2.75) is 26.8 Å². The average molecular weight is 209 g/mol. The van der Waals surface area contributed by atoms with Crippen LogP contribution in [0.25, 0.3) is 0 Å². The predicted molar refractivity (Wildman–Crippen MR) is 61.9 cm³/mol. The van der Waals surface area contributed by atoms with Crippen LogP contribution in [0.1, 0.15) is 17.8 Å². The third-order valence-corrected chi connectivity index (χ3v) is 2.20. The van der Waals surface area contributed by atoms with Gasteiger partial charge in [0, 0.05) is 25.8 Å². The quantitative estimate of drug-likeness (QED) is 0.429. The fraction of sp³-hybridized carbons (Fsp3) is 0.600. The fourth-order valence-corrected chi connectivity index (χ4v) is 1.43. The summed E-state index contributed by atoms with van der Waals surface area (Å²) >= 11 is 0. The molecule has 0 spiro atoms. The van der Waals surface area contributed by atoms with Gasteiger partial charge >= 0.3 is 0 Å². The van der Waals surface area contributed by atoms with Gasteiger partial charge in [-0.15, -0.1) is 0 Å². The van der Waals surface area contributed by atoms with E-state index in [-0.39, 0.29) is 0 Å². The summed E-state index contributed by atoms with van der Waals surface area (Å²) in [5, 5.41) is 7.39. The lowest BCUT2D eigenvalue weighted by atomic mass is 10.4. The molecule has 1 aromatic heterocycles. The molecule has 0 bridgehead atoms. The van der Waals surface area contributed by atoms with Crippen LogP contribution in [0, 0.1) is 13.8 Å². The Bertz CT molecular complexity index is 340. The largest absolute Gasteiger partial charge is 0.370 e. The summed E-state index contributed by atoms with van der Waals surface area (Å²) in [6.07, 6.45) is 0.984. The molecule has 5 heteroatoms. The summed E-state index contributed by atoms with van der Waals surface area (Å²) in [4.78, 5) is 3.82. The first-order valence-corrected chi connectivity index (χ1v) is 5.10. The van der Waals surface area contributed by atoms with E-state index in [1.54, 1.807) is 7.05 Å². The summed E-state index contributed by atoms with van der Waals surface area (Å²) in [6.45, 7) is 5.80. The van der Waals surface area contributed by atoms with E-state index in [1.807, 2.05) is 11.6 Å². The van der Waals surface area contributed by atoms with Gasteiger partial charge in [0.15, 0.2) is 5.96 Å². The van der Waals surface area contributed by atoms with Crippen LogP contribution in [0.5, 0.6) is 0 Å². The van der Waals surface area contributed by atoms with E-state index < -0.39 is 0 Å². The number of aryl methyl sites for hydroxylation is 3. The maximum absolute atomic E-state index is 5.50. The lowest BCUT2D eigenvalue weighted by Gasteiger charge is -2.06. The van der Waals surface area contributed by atoms with E-state index >= 15 is 0 Å². The first kappa shape index (κ1) is 11.6. The molecule has 1 aromatic rings. The lowest BCUT2D eigenvalue weighted by Crippen LogP contribution is -2.32. The highest BCUT2D eigenvalue weighted by molar-refractivity contribution is 5.77. The van der Waals surface area contributed by atoms with Crippen molar-refractivity contribution < 1.29 is 0 Å². The van der Waals surface area contributed by atoms with Crippen LogP contribution in [0.2, 0.25) is 0 Å². The molecule has 0 aliphatic rings. The highest BCUT2D eigenvalue weighted by Gasteiger charge is 1.99. The standard InChI is InChI=1S/C10H19N5/c1-8-7-9(2)15(14-8)6-4-5-13-10(11)12-3/h7H,4-6H2,1-3H3,(H3,11,12,13). The maximum Gasteiger partial charge on any atom is 0.188 e. The van der Waals surface area contributed by atoms with E-state index in [0.29, 0.717) is 5.96 Å². The molecule has 0 saturated heterocycles. The number of nitrogens with zero attached hydrogens (tertiary/aromatic N) is 3. The van der Waals surface area contributed by atoms with Crippen LogP contribution in [0.3, 0.4) is 0 Å². The van der Waals surface area contributed by atoms with Crippen molar-refractivity contribution in [1.82, 2.24) is 15.1 Å². The van der Waals surface area contributed by atoms with Gasteiger partial charge in [-0.2, -0.15) is 5.10 Å². The number of aliphatic imine (C=N–C) groups is 1. The Balaban J connectivity index is 2.29. The van der Waals surface area contributed by atoms with Crippen LogP contribution < -0.4 is 11.1 Å². The Morgan fingerprint density at radius 3 is 2.87 bits per heavy atom. The highest BCUT2D eigenvalue weighted by atomic mass is 15.3. The molecule has 0 radical (unpaired) electrons. The lowest BCUT2D eigenvalue weighted by molar-refractivity contribution is 0.557. The van der Waals surface area contributed by atoms with Crippen LogP contribution >= 0.6 is 0 Å². The third-order valence-electron chi connectivity index (χ3n) is 2.20. The van der Waals surface area contributed by atoms with E-state index in [0.717, 1.165) is 25.2 Å². The molecule has 0 aromatic carbocycles. The van der Waals surface area contributed by atoms with Gasteiger partial charge in [0.2, 0.25) is 0 Å². The van der Waals surface area contributed by atoms with Gasteiger partial charge in [-0.25, -0.2) is 0 Å². The Morgan fingerprint density at radius 2 is 2.33 bits per heavy atom. The third kappa shape index (κ3) is 3.61. The summed E-state index contributed by atoms with van der Waals surface area (Å²) in [5.74, 6) is 0.489. The van der Waals surface area contributed by atoms with E-state index in [2.05, 4.69) is 28.4 Å². The van der Waals surface area contributed by atoms with Gasteiger partial charge in [0.1, 0.15) is 0 Å². The van der Waals surface area contributed by atoms with Gasteiger partial charge in [-0.05, 0) is 26.3 Å². The van der Waals surface area contributed by atoms with Crippen LogP contribution in [0.15, 0.2) is 11.1 Å². The predicted octanol–water partition coefficient (Wildman–Crippen LogP) is 0.424. The average Bonchev–Trinajstić information content (AvgIpc) is 2.52. The molecule has 0 atom stereocenters. The molecule has 0 saturated carbocycles. The van der Waals surface area contributed by atoms with Crippen molar-refractivity contribution in [2.75, 3.05) is 13.6 Å². The molecule has 0 aliphatic heterocycles. The number of hydrogen-bond donors (Lipinski definition) is 2. The molecule has 0 unspecified atom stereocenters. The SMILES string of the molecule is CN=C(N)NCCCn1nc(C)cc1C. The van der Waals surface area contributed by atoms with Crippen molar-refractivity contribution >= 4 is 5.96 Å². The first-order chi connectivity index (χ1) is 7.13. The summed E-state index contributed by atoms with van der Waals surface area (Å²) in [7, 11) is 1.67. The minimum absolute atomic E-state index is 0.489. The minimum Gasteiger partial charge on any atom is -0.370 e. The van der Waals surface area contributed by atoms with Crippen molar-refractivity contribution in [1.29, 1.82) is 0 Å². The minimum atomic E-state index is 0.489. The number of nitrogens with one attached hydrogen (secondary N) is 1. The Kier molecular flexibility index (Phi) is 4.15. The molecule has 84 valence electrons. The second-order valence-corrected chi connectivity index (χ2v) is 3.54. The fourth-order valence-electron chi connectivity index (χ4n) is 1.43. The molecule has 1 rings (SSSR count). The molecule has 1 heterocycles. The van der Waals surface area contributed by atoms with Gasteiger partial charge in [-0.3, -0.25) is 9.67 Å². The van der Waals surface area contributed by atoms with Crippen LogP contribution in [0.4, 0.5) is 0 Å². The van der Waals surface area contributed by atoms with Crippen LogP contribution in [-0.2, 0) is 6.54 Å². The van der Waals surface area contributed by atoms with Gasteiger partial charge in [0.05, 0.1) is 5.69 Å². The zero-order valence-corrected chi connectivity index (χ0v) is 9.62. The summed E-state index contributed by atoms with van der Waals surface area (Å²) in [5.41, 5.74) is 7.77. The summed E-state index contributed by atoms with van der Waals surface area (Å²) in [6, 6.07) is 2.08. The summed E-state index contributed by atoms with van der Waals surface area (Å²) < 4.78 is 2.01. The zero-order chi connectivity index (χ0) is 11.3. The van der Waals surface area contributed by atoms with Gasteiger partial charge < -0.3 is 11.1 Å². The second-order valence-electron chi connectivity index (χ2n) is 3.54. The molecule has 0 fully saturated rings. The maximum atomic E-state index is 5.50.